The lowest BCUT2D eigenvalue weighted by atomic mass is 10.2. The Morgan fingerprint density at radius 2 is 1.95 bits per heavy atom. The van der Waals surface area contributed by atoms with Crippen molar-refractivity contribution in [2.45, 2.75) is 24.2 Å². The van der Waals surface area contributed by atoms with Crippen LogP contribution in [0.2, 0.25) is 0 Å². The van der Waals surface area contributed by atoms with Gasteiger partial charge in [0.2, 0.25) is 10.0 Å². The maximum Gasteiger partial charge on any atom is 0.303 e. The third-order valence-corrected chi connectivity index (χ3v) is 4.27. The maximum atomic E-state index is 12.2. The van der Waals surface area contributed by atoms with Crippen molar-refractivity contribution in [1.82, 2.24) is 4.72 Å². The molecule has 7 nitrogen and oxygen atoms in total. The van der Waals surface area contributed by atoms with E-state index in [-0.39, 0.29) is 23.6 Å². The number of sulfonamides is 1. The molecule has 0 saturated heterocycles. The molecule has 0 aliphatic heterocycles. The van der Waals surface area contributed by atoms with E-state index < -0.39 is 16.0 Å². The first-order valence-electron chi connectivity index (χ1n) is 6.34. The predicted octanol–water partition coefficient (Wildman–Crippen LogP) is 1.24. The molecule has 0 fully saturated rings. The summed E-state index contributed by atoms with van der Waals surface area (Å²) in [6.45, 7) is 0.171. The highest BCUT2D eigenvalue weighted by molar-refractivity contribution is 7.89. The van der Waals surface area contributed by atoms with E-state index in [4.69, 9.17) is 14.6 Å². The Hall–Kier alpha value is -1.80. The van der Waals surface area contributed by atoms with Gasteiger partial charge in [0, 0.05) is 19.0 Å². The summed E-state index contributed by atoms with van der Waals surface area (Å²) in [6.07, 6.45) is 0.884. The van der Waals surface area contributed by atoms with Gasteiger partial charge in [0.1, 0.15) is 16.4 Å². The summed E-state index contributed by atoms with van der Waals surface area (Å²) < 4.78 is 36.8. The summed E-state index contributed by atoms with van der Waals surface area (Å²) in [5.41, 5.74) is 0. The second-order valence-corrected chi connectivity index (χ2v) is 6.00. The van der Waals surface area contributed by atoms with Crippen molar-refractivity contribution in [3.63, 3.8) is 0 Å². The molecule has 21 heavy (non-hydrogen) atoms. The zero-order valence-corrected chi connectivity index (χ0v) is 12.8. The van der Waals surface area contributed by atoms with Crippen molar-refractivity contribution >= 4 is 16.0 Å². The molecule has 0 bridgehead atoms. The Balaban J connectivity index is 2.72. The normalized spacial score (nSPS) is 11.1. The Bertz CT molecular complexity index is 584. The van der Waals surface area contributed by atoms with E-state index in [1.807, 2.05) is 0 Å². The van der Waals surface area contributed by atoms with E-state index in [9.17, 15) is 13.2 Å². The molecule has 0 aliphatic rings. The van der Waals surface area contributed by atoms with Gasteiger partial charge < -0.3 is 14.6 Å². The summed E-state index contributed by atoms with van der Waals surface area (Å²) in [5.74, 6) is -0.214. The van der Waals surface area contributed by atoms with Crippen LogP contribution in [-0.2, 0) is 14.8 Å². The minimum absolute atomic E-state index is 0.0176. The van der Waals surface area contributed by atoms with Gasteiger partial charge >= 0.3 is 5.97 Å². The van der Waals surface area contributed by atoms with Crippen molar-refractivity contribution in [1.29, 1.82) is 0 Å². The molecule has 0 amide bonds. The number of unbranched alkanes of at least 4 members (excludes halogenated alkanes) is 1. The van der Waals surface area contributed by atoms with Crippen molar-refractivity contribution in [3.05, 3.63) is 18.2 Å². The number of aliphatic carboxylic acids is 1. The predicted molar refractivity (Wildman–Crippen MR) is 76.2 cm³/mol. The van der Waals surface area contributed by atoms with Gasteiger partial charge in [-0.1, -0.05) is 0 Å². The lowest BCUT2D eigenvalue weighted by Crippen LogP contribution is -2.25. The molecule has 0 aliphatic carbocycles. The van der Waals surface area contributed by atoms with Crippen LogP contribution >= 0.6 is 0 Å². The van der Waals surface area contributed by atoms with Crippen LogP contribution in [0.5, 0.6) is 11.5 Å². The van der Waals surface area contributed by atoms with Gasteiger partial charge in [-0.2, -0.15) is 0 Å². The van der Waals surface area contributed by atoms with Crippen molar-refractivity contribution in [2.24, 2.45) is 0 Å². The molecule has 0 saturated carbocycles. The summed E-state index contributed by atoms with van der Waals surface area (Å²) in [6, 6.07) is 4.41. The first-order chi connectivity index (χ1) is 9.90. The monoisotopic (exact) mass is 317 g/mol. The molecule has 2 N–H and O–H groups in total. The van der Waals surface area contributed by atoms with Crippen LogP contribution in [-0.4, -0.2) is 40.3 Å². The lowest BCUT2D eigenvalue weighted by molar-refractivity contribution is -0.137. The zero-order chi connectivity index (χ0) is 15.9. The molecule has 0 spiro atoms. The molecule has 0 aromatic heterocycles. The van der Waals surface area contributed by atoms with Crippen LogP contribution in [0.1, 0.15) is 19.3 Å². The Kier molecular flexibility index (Phi) is 6.44. The summed E-state index contributed by atoms with van der Waals surface area (Å²) in [5, 5.41) is 8.50. The first kappa shape index (κ1) is 17.3. The molecule has 1 aromatic carbocycles. The largest absolute Gasteiger partial charge is 0.497 e. The minimum Gasteiger partial charge on any atom is -0.497 e. The second-order valence-electron chi connectivity index (χ2n) is 4.27. The number of benzene rings is 1. The van der Waals surface area contributed by atoms with Crippen LogP contribution in [0.3, 0.4) is 0 Å². The third kappa shape index (κ3) is 5.24. The smallest absolute Gasteiger partial charge is 0.303 e. The average molecular weight is 317 g/mol. The van der Waals surface area contributed by atoms with Crippen molar-refractivity contribution in [3.8, 4) is 11.5 Å². The van der Waals surface area contributed by atoms with E-state index in [0.29, 0.717) is 18.6 Å². The molecule has 0 heterocycles. The topological polar surface area (TPSA) is 102 Å². The van der Waals surface area contributed by atoms with Gasteiger partial charge in [0.25, 0.3) is 0 Å². The van der Waals surface area contributed by atoms with Gasteiger partial charge in [0.15, 0.2) is 0 Å². The molecule has 1 rings (SSSR count). The third-order valence-electron chi connectivity index (χ3n) is 2.77. The number of hydrogen-bond donors (Lipinski definition) is 2. The molecular formula is C13H19NO6S. The number of carboxylic acid groups (broad SMARTS) is 1. The van der Waals surface area contributed by atoms with Crippen LogP contribution < -0.4 is 14.2 Å². The van der Waals surface area contributed by atoms with Gasteiger partial charge in [-0.3, -0.25) is 4.79 Å². The number of rotatable bonds is 9. The number of carbonyl (C=O) groups is 1. The first-order valence-corrected chi connectivity index (χ1v) is 7.82. The lowest BCUT2D eigenvalue weighted by Gasteiger charge is -2.11. The zero-order valence-electron chi connectivity index (χ0n) is 12.0. The number of ether oxygens (including phenoxy) is 2. The van der Waals surface area contributed by atoms with Crippen LogP contribution in [0.15, 0.2) is 23.1 Å². The van der Waals surface area contributed by atoms with Gasteiger partial charge in [-0.25, -0.2) is 13.1 Å². The number of nitrogens with one attached hydrogen (secondary N) is 1. The van der Waals surface area contributed by atoms with E-state index >= 15 is 0 Å². The van der Waals surface area contributed by atoms with E-state index in [1.54, 1.807) is 0 Å². The highest BCUT2D eigenvalue weighted by Gasteiger charge is 2.19. The minimum atomic E-state index is -3.71. The highest BCUT2D eigenvalue weighted by atomic mass is 32.2. The summed E-state index contributed by atoms with van der Waals surface area (Å²) in [4.78, 5) is 10.4. The van der Waals surface area contributed by atoms with Crippen molar-refractivity contribution in [2.75, 3.05) is 20.8 Å². The fourth-order valence-electron chi connectivity index (χ4n) is 1.68. The molecule has 0 atom stereocenters. The van der Waals surface area contributed by atoms with Crippen LogP contribution in [0.25, 0.3) is 0 Å². The number of carboxylic acids is 1. The van der Waals surface area contributed by atoms with E-state index in [2.05, 4.69) is 4.72 Å². The number of methoxy groups -OCH3 is 2. The summed E-state index contributed by atoms with van der Waals surface area (Å²) >= 11 is 0. The van der Waals surface area contributed by atoms with E-state index in [0.717, 1.165) is 0 Å². The van der Waals surface area contributed by atoms with Gasteiger partial charge in [-0.15, -0.1) is 0 Å². The number of hydrogen-bond acceptors (Lipinski definition) is 5. The molecule has 8 heteroatoms. The van der Waals surface area contributed by atoms with Crippen LogP contribution in [0, 0.1) is 0 Å². The molecule has 118 valence electrons. The quantitative estimate of drug-likeness (QED) is 0.664. The highest BCUT2D eigenvalue weighted by Crippen LogP contribution is 2.28. The Morgan fingerprint density at radius 3 is 2.52 bits per heavy atom. The molecule has 0 radical (unpaired) electrons. The standard InChI is InChI=1S/C13H19NO6S/c1-19-10-6-7-12(11(9-10)20-2)21(17,18)14-8-4-3-5-13(15)16/h6-7,9,14H,3-5,8H2,1-2H3,(H,15,16). The SMILES string of the molecule is COc1ccc(S(=O)(=O)NCCCCC(=O)O)c(OC)c1. The summed E-state index contributed by atoms with van der Waals surface area (Å²) in [7, 11) is -0.855. The molecule has 0 unspecified atom stereocenters. The van der Waals surface area contributed by atoms with Gasteiger partial charge in [-0.05, 0) is 25.0 Å². The Labute approximate surface area is 123 Å². The second kappa shape index (κ2) is 7.84. The fourth-order valence-corrected chi connectivity index (χ4v) is 2.91. The van der Waals surface area contributed by atoms with E-state index in [1.165, 1.54) is 32.4 Å². The van der Waals surface area contributed by atoms with Gasteiger partial charge in [0.05, 0.1) is 14.2 Å². The van der Waals surface area contributed by atoms with Crippen LogP contribution in [0.4, 0.5) is 0 Å². The average Bonchev–Trinajstić information content (AvgIpc) is 2.45. The maximum absolute atomic E-state index is 12.2. The molecular weight excluding hydrogens is 298 g/mol. The Morgan fingerprint density at radius 1 is 1.24 bits per heavy atom. The molecule has 1 aromatic rings. The van der Waals surface area contributed by atoms with Crippen molar-refractivity contribution < 1.29 is 27.8 Å². The fraction of sp³-hybridized carbons (Fsp3) is 0.462.